The molecular weight excluding hydrogens is 310 g/mol. The number of halogens is 1. The summed E-state index contributed by atoms with van der Waals surface area (Å²) >= 11 is 1.73. The number of carbonyl (C=O) groups is 2. The van der Waals surface area contributed by atoms with Crippen molar-refractivity contribution in [3.63, 3.8) is 0 Å². The van der Waals surface area contributed by atoms with Gasteiger partial charge in [-0.25, -0.2) is 0 Å². The molecule has 0 radical (unpaired) electrons. The largest absolute Gasteiger partial charge is 0.355 e. The van der Waals surface area contributed by atoms with Gasteiger partial charge in [0.2, 0.25) is 5.91 Å². The first-order chi connectivity index (χ1) is 9.70. The summed E-state index contributed by atoms with van der Waals surface area (Å²) in [4.78, 5) is 23.3. The number of nitrogens with one attached hydrogen (secondary N) is 3. The maximum Gasteiger partial charge on any atom is 0.251 e. The number of hydrogen-bond acceptors (Lipinski definition) is 4. The van der Waals surface area contributed by atoms with E-state index in [1.807, 2.05) is 18.2 Å². The molecule has 1 aromatic rings. The van der Waals surface area contributed by atoms with Crippen LogP contribution in [0.4, 0.5) is 0 Å². The van der Waals surface area contributed by atoms with Crippen molar-refractivity contribution < 1.29 is 9.59 Å². The third kappa shape index (κ3) is 5.22. The molecule has 5 nitrogen and oxygen atoms in total. The molecule has 1 unspecified atom stereocenters. The normalized spacial score (nSPS) is 16.9. The molecule has 2 amide bonds. The molecule has 1 aliphatic rings. The molecule has 1 saturated heterocycles. The number of benzene rings is 1. The van der Waals surface area contributed by atoms with Crippen LogP contribution in [0.2, 0.25) is 0 Å². The Morgan fingerprint density at radius 3 is 2.90 bits per heavy atom. The van der Waals surface area contributed by atoms with E-state index in [1.165, 1.54) is 0 Å². The fourth-order valence-electron chi connectivity index (χ4n) is 2.03. The Balaban J connectivity index is 0.00000220. The van der Waals surface area contributed by atoms with Gasteiger partial charge in [-0.2, -0.15) is 0 Å². The first-order valence-corrected chi connectivity index (χ1v) is 7.76. The lowest BCUT2D eigenvalue weighted by molar-refractivity contribution is -0.122. The van der Waals surface area contributed by atoms with Crippen molar-refractivity contribution >= 4 is 36.0 Å². The van der Waals surface area contributed by atoms with Crippen molar-refractivity contribution in [3.05, 3.63) is 35.4 Å². The summed E-state index contributed by atoms with van der Waals surface area (Å²) in [7, 11) is 1.61. The number of amides is 2. The quantitative estimate of drug-likeness (QED) is 0.747. The second-order valence-electron chi connectivity index (χ2n) is 4.59. The lowest BCUT2D eigenvalue weighted by atomic mass is 10.1. The van der Waals surface area contributed by atoms with Gasteiger partial charge in [-0.15, -0.1) is 24.2 Å². The molecule has 0 saturated carbocycles. The van der Waals surface area contributed by atoms with Crippen LogP contribution in [-0.4, -0.2) is 43.1 Å². The second kappa shape index (κ2) is 8.92. The molecule has 1 fully saturated rings. The summed E-state index contributed by atoms with van der Waals surface area (Å²) in [6, 6.07) is 7.38. The van der Waals surface area contributed by atoms with E-state index in [4.69, 9.17) is 0 Å². The third-order valence-electron chi connectivity index (χ3n) is 3.16. The van der Waals surface area contributed by atoms with E-state index in [2.05, 4.69) is 16.0 Å². The van der Waals surface area contributed by atoms with Gasteiger partial charge < -0.3 is 10.6 Å². The maximum absolute atomic E-state index is 11.8. The molecule has 3 N–H and O–H groups in total. The SMILES string of the molecule is CNC(=O)c1cccc(CCNC(=O)C2CSCN2)c1.Cl. The Hall–Kier alpha value is -1.24. The monoisotopic (exact) mass is 329 g/mol. The van der Waals surface area contributed by atoms with Gasteiger partial charge in [0.1, 0.15) is 0 Å². The molecule has 1 aromatic carbocycles. The first kappa shape index (κ1) is 17.8. The summed E-state index contributed by atoms with van der Waals surface area (Å²) in [6.07, 6.45) is 0.719. The Kier molecular flexibility index (Phi) is 7.56. The highest BCUT2D eigenvalue weighted by Gasteiger charge is 2.21. The van der Waals surface area contributed by atoms with E-state index in [-0.39, 0.29) is 30.3 Å². The van der Waals surface area contributed by atoms with Crippen molar-refractivity contribution in [3.8, 4) is 0 Å². The fraction of sp³-hybridized carbons (Fsp3) is 0.429. The van der Waals surface area contributed by atoms with E-state index >= 15 is 0 Å². The second-order valence-corrected chi connectivity index (χ2v) is 5.62. The van der Waals surface area contributed by atoms with E-state index in [1.54, 1.807) is 24.9 Å². The topological polar surface area (TPSA) is 70.2 Å². The fourth-order valence-corrected chi connectivity index (χ4v) is 2.97. The molecule has 1 heterocycles. The lowest BCUT2D eigenvalue weighted by Crippen LogP contribution is -2.42. The van der Waals surface area contributed by atoms with Crippen LogP contribution in [0.25, 0.3) is 0 Å². The minimum absolute atomic E-state index is 0. The number of carbonyl (C=O) groups excluding carboxylic acids is 2. The minimum atomic E-state index is -0.0944. The van der Waals surface area contributed by atoms with Crippen molar-refractivity contribution in [1.29, 1.82) is 0 Å². The molecule has 0 aromatic heterocycles. The Morgan fingerprint density at radius 2 is 2.24 bits per heavy atom. The molecule has 0 bridgehead atoms. The third-order valence-corrected chi connectivity index (χ3v) is 4.10. The molecule has 2 rings (SSSR count). The summed E-state index contributed by atoms with van der Waals surface area (Å²) in [6.45, 7) is 0.582. The van der Waals surface area contributed by atoms with Crippen LogP contribution >= 0.6 is 24.2 Å². The molecule has 21 heavy (non-hydrogen) atoms. The molecule has 1 aliphatic heterocycles. The Bertz CT molecular complexity index is 493. The van der Waals surface area contributed by atoms with Crippen molar-refractivity contribution in [1.82, 2.24) is 16.0 Å². The van der Waals surface area contributed by atoms with Crippen LogP contribution in [0.15, 0.2) is 24.3 Å². The van der Waals surface area contributed by atoms with Crippen LogP contribution in [0.5, 0.6) is 0 Å². The van der Waals surface area contributed by atoms with E-state index in [0.717, 1.165) is 23.6 Å². The van der Waals surface area contributed by atoms with Crippen molar-refractivity contribution in [2.75, 3.05) is 25.2 Å². The zero-order valence-electron chi connectivity index (χ0n) is 11.8. The average Bonchev–Trinajstić information content (AvgIpc) is 3.01. The van der Waals surface area contributed by atoms with Gasteiger partial charge in [-0.05, 0) is 24.1 Å². The van der Waals surface area contributed by atoms with E-state index < -0.39 is 0 Å². The van der Waals surface area contributed by atoms with Crippen molar-refractivity contribution in [2.24, 2.45) is 0 Å². The summed E-state index contributed by atoms with van der Waals surface area (Å²) < 4.78 is 0. The highest BCUT2D eigenvalue weighted by atomic mass is 35.5. The summed E-state index contributed by atoms with van der Waals surface area (Å²) in [5.41, 5.74) is 1.69. The van der Waals surface area contributed by atoms with Gasteiger partial charge >= 0.3 is 0 Å². The summed E-state index contributed by atoms with van der Waals surface area (Å²) in [5, 5.41) is 8.66. The van der Waals surface area contributed by atoms with Crippen LogP contribution in [-0.2, 0) is 11.2 Å². The minimum Gasteiger partial charge on any atom is -0.355 e. The van der Waals surface area contributed by atoms with Gasteiger partial charge in [0.25, 0.3) is 5.91 Å². The Morgan fingerprint density at radius 1 is 1.43 bits per heavy atom. The van der Waals surface area contributed by atoms with Gasteiger partial charge in [-0.1, -0.05) is 12.1 Å². The smallest absolute Gasteiger partial charge is 0.251 e. The van der Waals surface area contributed by atoms with Crippen LogP contribution in [0.3, 0.4) is 0 Å². The number of thioether (sulfide) groups is 1. The molecular formula is C14H20ClN3O2S. The van der Waals surface area contributed by atoms with Gasteiger partial charge in [0, 0.05) is 30.8 Å². The molecule has 7 heteroatoms. The van der Waals surface area contributed by atoms with Gasteiger partial charge in [-0.3, -0.25) is 14.9 Å². The molecule has 116 valence electrons. The number of rotatable bonds is 5. The van der Waals surface area contributed by atoms with Crippen LogP contribution in [0, 0.1) is 0 Å². The standard InChI is InChI=1S/C14H19N3O2S.ClH/c1-15-13(18)11-4-2-3-10(7-11)5-6-16-14(19)12-8-20-9-17-12;/h2-4,7,12,17H,5-6,8-9H2,1H3,(H,15,18)(H,16,19);1H. The van der Waals surface area contributed by atoms with Gasteiger partial charge in [0.05, 0.1) is 6.04 Å². The predicted octanol–water partition coefficient (Wildman–Crippen LogP) is 0.789. The van der Waals surface area contributed by atoms with Gasteiger partial charge in [0.15, 0.2) is 0 Å². The van der Waals surface area contributed by atoms with E-state index in [0.29, 0.717) is 12.1 Å². The molecule has 0 aliphatic carbocycles. The number of hydrogen-bond donors (Lipinski definition) is 3. The first-order valence-electron chi connectivity index (χ1n) is 6.60. The summed E-state index contributed by atoms with van der Waals surface area (Å²) in [5.74, 6) is 1.63. The lowest BCUT2D eigenvalue weighted by Gasteiger charge is -2.10. The molecule has 0 spiro atoms. The van der Waals surface area contributed by atoms with Crippen LogP contribution < -0.4 is 16.0 Å². The highest BCUT2D eigenvalue weighted by molar-refractivity contribution is 7.99. The van der Waals surface area contributed by atoms with Crippen molar-refractivity contribution in [2.45, 2.75) is 12.5 Å². The average molecular weight is 330 g/mol. The zero-order valence-corrected chi connectivity index (χ0v) is 13.5. The Labute approximate surface area is 135 Å². The highest BCUT2D eigenvalue weighted by Crippen LogP contribution is 2.09. The molecule has 1 atom stereocenters. The van der Waals surface area contributed by atoms with E-state index in [9.17, 15) is 9.59 Å². The maximum atomic E-state index is 11.8. The zero-order chi connectivity index (χ0) is 14.4. The van der Waals surface area contributed by atoms with Crippen LogP contribution in [0.1, 0.15) is 15.9 Å². The predicted molar refractivity (Wildman–Crippen MR) is 88.0 cm³/mol.